The van der Waals surface area contributed by atoms with Gasteiger partial charge in [-0.25, -0.2) is 0 Å². The van der Waals surface area contributed by atoms with Crippen molar-refractivity contribution in [1.82, 2.24) is 4.90 Å². The Bertz CT molecular complexity index is 1070. The average Bonchev–Trinajstić information content (AvgIpc) is 3.37. The van der Waals surface area contributed by atoms with Crippen LogP contribution in [0.1, 0.15) is 43.0 Å². The fraction of sp³-hybridized carbons (Fsp3) is 0.286. The largest absolute Gasteiger partial charge is 0.324 e. The van der Waals surface area contributed by atoms with Gasteiger partial charge in [0, 0.05) is 23.2 Å². The predicted molar refractivity (Wildman–Crippen MR) is 136 cm³/mol. The lowest BCUT2D eigenvalue weighted by molar-refractivity contribution is -0.145. The van der Waals surface area contributed by atoms with E-state index < -0.39 is 5.54 Å². The number of nitrogens with zero attached hydrogens (tertiary/aromatic N) is 1. The molecule has 33 heavy (non-hydrogen) atoms. The van der Waals surface area contributed by atoms with Crippen molar-refractivity contribution < 1.29 is 9.59 Å². The van der Waals surface area contributed by atoms with E-state index in [1.807, 2.05) is 84.3 Å². The van der Waals surface area contributed by atoms with E-state index in [1.165, 1.54) is 0 Å². The van der Waals surface area contributed by atoms with Gasteiger partial charge >= 0.3 is 0 Å². The van der Waals surface area contributed by atoms with Gasteiger partial charge in [0.15, 0.2) is 0 Å². The molecular weight excluding hydrogens is 428 g/mol. The van der Waals surface area contributed by atoms with Crippen molar-refractivity contribution in [2.24, 2.45) is 5.92 Å². The summed E-state index contributed by atoms with van der Waals surface area (Å²) in [6, 6.07) is 23.4. The van der Waals surface area contributed by atoms with Gasteiger partial charge in [0.1, 0.15) is 5.54 Å². The van der Waals surface area contributed by atoms with Crippen LogP contribution in [0.25, 0.3) is 6.08 Å². The summed E-state index contributed by atoms with van der Waals surface area (Å²) >= 11 is 1.59. The molecule has 1 aromatic heterocycles. The summed E-state index contributed by atoms with van der Waals surface area (Å²) in [4.78, 5) is 30.3. The molecule has 1 heterocycles. The van der Waals surface area contributed by atoms with Crippen molar-refractivity contribution in [2.75, 3.05) is 5.32 Å². The van der Waals surface area contributed by atoms with Crippen molar-refractivity contribution in [3.8, 4) is 0 Å². The fourth-order valence-corrected chi connectivity index (χ4v) is 5.08. The monoisotopic (exact) mass is 458 g/mol. The molecule has 3 aromatic rings. The zero-order valence-corrected chi connectivity index (χ0v) is 19.8. The van der Waals surface area contributed by atoms with E-state index in [4.69, 9.17) is 0 Å². The summed E-state index contributed by atoms with van der Waals surface area (Å²) < 4.78 is 0. The van der Waals surface area contributed by atoms with E-state index in [-0.39, 0.29) is 11.8 Å². The first-order chi connectivity index (χ1) is 16.1. The number of para-hydroxylation sites is 1. The number of carbonyl (C=O) groups excluding carboxylic acids is 2. The molecule has 0 bridgehead atoms. The Kier molecular flexibility index (Phi) is 7.40. The molecule has 4 rings (SSSR count). The van der Waals surface area contributed by atoms with E-state index in [0.29, 0.717) is 25.3 Å². The Morgan fingerprint density at radius 3 is 2.30 bits per heavy atom. The average molecular weight is 459 g/mol. The van der Waals surface area contributed by atoms with Gasteiger partial charge in [-0.1, -0.05) is 61.5 Å². The summed E-state index contributed by atoms with van der Waals surface area (Å²) in [5.41, 5.74) is 0.873. The molecule has 5 heteroatoms. The molecule has 2 amide bonds. The number of anilines is 1. The van der Waals surface area contributed by atoms with Gasteiger partial charge < -0.3 is 10.2 Å². The minimum absolute atomic E-state index is 0.102. The zero-order chi connectivity index (χ0) is 23.1. The Balaban J connectivity index is 1.69. The molecule has 1 saturated carbocycles. The molecule has 170 valence electrons. The standard InChI is InChI=1S/C28H30N2O2S/c1-22-16-18-28(19-17-22,27(32)29-24-11-6-3-7-12-24)30(21-23-9-4-2-5-10-23)26(31)15-14-25-13-8-20-33-25/h2-15,20,22H,16-19,21H2,1H3,(H,29,32)/b15-14+. The lowest BCUT2D eigenvalue weighted by atomic mass is 9.75. The normalized spacial score (nSPS) is 20.5. The second-order valence-electron chi connectivity index (χ2n) is 8.79. The Hall–Kier alpha value is -3.18. The van der Waals surface area contributed by atoms with Crippen LogP contribution in [0.5, 0.6) is 0 Å². The molecule has 0 spiro atoms. The van der Waals surface area contributed by atoms with Crippen molar-refractivity contribution in [3.05, 3.63) is 94.7 Å². The van der Waals surface area contributed by atoms with Gasteiger partial charge in [-0.15, -0.1) is 11.3 Å². The van der Waals surface area contributed by atoms with E-state index in [0.717, 1.165) is 29.0 Å². The third-order valence-corrected chi connectivity index (χ3v) is 7.29. The summed E-state index contributed by atoms with van der Waals surface area (Å²) in [7, 11) is 0. The number of amides is 2. The zero-order valence-electron chi connectivity index (χ0n) is 18.9. The van der Waals surface area contributed by atoms with Crippen LogP contribution in [0, 0.1) is 5.92 Å². The fourth-order valence-electron chi connectivity index (χ4n) is 4.46. The molecule has 1 aliphatic rings. The maximum atomic E-state index is 13.8. The molecule has 2 aromatic carbocycles. The summed E-state index contributed by atoms with van der Waals surface area (Å²) in [5, 5.41) is 5.09. The second kappa shape index (κ2) is 10.6. The number of hydrogen-bond acceptors (Lipinski definition) is 3. The Morgan fingerprint density at radius 1 is 1.00 bits per heavy atom. The highest BCUT2D eigenvalue weighted by Gasteiger charge is 2.47. The number of rotatable bonds is 7. The minimum Gasteiger partial charge on any atom is -0.324 e. The smallest absolute Gasteiger partial charge is 0.250 e. The van der Waals surface area contributed by atoms with Crippen molar-refractivity contribution in [3.63, 3.8) is 0 Å². The molecule has 0 saturated heterocycles. The van der Waals surface area contributed by atoms with Crippen LogP contribution in [-0.4, -0.2) is 22.3 Å². The maximum Gasteiger partial charge on any atom is 0.250 e. The van der Waals surface area contributed by atoms with Crippen LogP contribution in [0.3, 0.4) is 0 Å². The lowest BCUT2D eigenvalue weighted by Crippen LogP contribution is -2.59. The highest BCUT2D eigenvalue weighted by molar-refractivity contribution is 7.10. The van der Waals surface area contributed by atoms with E-state index in [2.05, 4.69) is 12.2 Å². The van der Waals surface area contributed by atoms with E-state index in [9.17, 15) is 9.59 Å². The van der Waals surface area contributed by atoms with Crippen LogP contribution in [0.4, 0.5) is 5.69 Å². The Labute approximate surface area is 200 Å². The van der Waals surface area contributed by atoms with Gasteiger partial charge in [0.25, 0.3) is 0 Å². The number of hydrogen-bond donors (Lipinski definition) is 1. The molecule has 4 nitrogen and oxygen atoms in total. The predicted octanol–water partition coefficient (Wildman–Crippen LogP) is 6.38. The third kappa shape index (κ3) is 5.60. The Morgan fingerprint density at radius 2 is 1.67 bits per heavy atom. The first-order valence-corrected chi connectivity index (χ1v) is 12.4. The number of nitrogens with one attached hydrogen (secondary N) is 1. The van der Waals surface area contributed by atoms with Crippen molar-refractivity contribution in [1.29, 1.82) is 0 Å². The van der Waals surface area contributed by atoms with Crippen molar-refractivity contribution in [2.45, 2.75) is 44.7 Å². The summed E-state index contributed by atoms with van der Waals surface area (Å²) in [6.07, 6.45) is 6.59. The van der Waals surface area contributed by atoms with Crippen LogP contribution in [-0.2, 0) is 16.1 Å². The quantitative estimate of drug-likeness (QED) is 0.418. The molecule has 0 aliphatic heterocycles. The van der Waals surface area contributed by atoms with Crippen LogP contribution in [0.2, 0.25) is 0 Å². The van der Waals surface area contributed by atoms with Gasteiger partial charge in [-0.05, 0) is 66.8 Å². The molecule has 0 atom stereocenters. The number of benzene rings is 2. The summed E-state index contributed by atoms with van der Waals surface area (Å²) in [5.74, 6) is 0.303. The minimum atomic E-state index is -0.894. The number of thiophene rings is 1. The highest BCUT2D eigenvalue weighted by Crippen LogP contribution is 2.39. The first kappa shape index (κ1) is 23.0. The lowest BCUT2D eigenvalue weighted by Gasteiger charge is -2.46. The second-order valence-corrected chi connectivity index (χ2v) is 9.77. The van der Waals surface area contributed by atoms with Gasteiger partial charge in [-0.3, -0.25) is 9.59 Å². The third-order valence-electron chi connectivity index (χ3n) is 6.46. The maximum absolute atomic E-state index is 13.8. The van der Waals surface area contributed by atoms with Crippen LogP contribution >= 0.6 is 11.3 Å². The van der Waals surface area contributed by atoms with Gasteiger partial charge in [-0.2, -0.15) is 0 Å². The van der Waals surface area contributed by atoms with Crippen molar-refractivity contribution >= 4 is 34.9 Å². The highest BCUT2D eigenvalue weighted by atomic mass is 32.1. The van der Waals surface area contributed by atoms with Gasteiger partial charge in [0.05, 0.1) is 0 Å². The van der Waals surface area contributed by atoms with Crippen LogP contribution < -0.4 is 5.32 Å². The van der Waals surface area contributed by atoms with Gasteiger partial charge in [0.2, 0.25) is 11.8 Å². The van der Waals surface area contributed by atoms with Crippen LogP contribution in [0.15, 0.2) is 84.3 Å². The molecular formula is C28H30N2O2S. The first-order valence-electron chi connectivity index (χ1n) is 11.5. The van der Waals surface area contributed by atoms with E-state index >= 15 is 0 Å². The topological polar surface area (TPSA) is 49.4 Å². The SMILES string of the molecule is CC1CCC(C(=O)Nc2ccccc2)(N(Cc2ccccc2)C(=O)/C=C/c2cccs2)CC1. The van der Waals surface area contributed by atoms with E-state index in [1.54, 1.807) is 22.3 Å². The molecule has 1 fully saturated rings. The number of carbonyl (C=O) groups is 2. The summed E-state index contributed by atoms with van der Waals surface area (Å²) in [6.45, 7) is 2.62. The molecule has 1 N–H and O–H groups in total. The molecule has 0 unspecified atom stereocenters. The molecule has 0 radical (unpaired) electrons. The molecule has 1 aliphatic carbocycles.